The zero-order valence-electron chi connectivity index (χ0n) is 10.7. The lowest BCUT2D eigenvalue weighted by atomic mass is 9.85. The molecule has 92 valence electrons. The molecule has 0 spiro atoms. The maximum atomic E-state index is 9.04. The van der Waals surface area contributed by atoms with Crippen molar-refractivity contribution in [2.75, 3.05) is 6.61 Å². The van der Waals surface area contributed by atoms with Crippen LogP contribution in [0.4, 0.5) is 0 Å². The second-order valence-electron chi connectivity index (χ2n) is 5.32. The molecule has 16 heavy (non-hydrogen) atoms. The van der Waals surface area contributed by atoms with E-state index < -0.39 is 0 Å². The zero-order valence-corrected chi connectivity index (χ0v) is 10.7. The predicted molar refractivity (Wildman–Crippen MR) is 65.2 cm³/mol. The third-order valence-electron chi connectivity index (χ3n) is 2.78. The van der Waals surface area contributed by atoms with Crippen LogP contribution in [0.5, 0.6) is 0 Å². The fraction of sp³-hybridized carbons (Fsp3) is 0.692. The van der Waals surface area contributed by atoms with Crippen molar-refractivity contribution >= 4 is 0 Å². The van der Waals surface area contributed by atoms with Crippen LogP contribution in [0.15, 0.2) is 16.5 Å². The molecule has 1 heterocycles. The summed E-state index contributed by atoms with van der Waals surface area (Å²) in [7, 11) is 0. The van der Waals surface area contributed by atoms with Gasteiger partial charge in [0.25, 0.3) is 0 Å². The monoisotopic (exact) mass is 225 g/mol. The molecule has 3 heteroatoms. The number of aliphatic hydroxyl groups is 1. The zero-order chi connectivity index (χ0) is 12.2. The number of aliphatic hydroxyl groups excluding tert-OH is 1. The van der Waals surface area contributed by atoms with Gasteiger partial charge < -0.3 is 14.8 Å². The summed E-state index contributed by atoms with van der Waals surface area (Å²) in [5, 5.41) is 12.5. The molecule has 0 saturated heterocycles. The van der Waals surface area contributed by atoms with Gasteiger partial charge in [-0.1, -0.05) is 20.8 Å². The van der Waals surface area contributed by atoms with Crippen molar-refractivity contribution < 1.29 is 9.52 Å². The molecule has 0 aliphatic carbocycles. The largest absolute Gasteiger partial charge is 0.465 e. The Labute approximate surface area is 97.9 Å². The molecule has 1 rings (SSSR count). The number of nitrogens with one attached hydrogen (secondary N) is 1. The van der Waals surface area contributed by atoms with Gasteiger partial charge in [-0.05, 0) is 30.9 Å². The summed E-state index contributed by atoms with van der Waals surface area (Å²) in [4.78, 5) is 0. The first-order valence-corrected chi connectivity index (χ1v) is 5.83. The van der Waals surface area contributed by atoms with Crippen LogP contribution >= 0.6 is 0 Å². The minimum Gasteiger partial charge on any atom is -0.465 e. The van der Waals surface area contributed by atoms with Gasteiger partial charge in [0, 0.05) is 12.6 Å². The molecule has 0 radical (unpaired) electrons. The highest BCUT2D eigenvalue weighted by Crippen LogP contribution is 2.22. The topological polar surface area (TPSA) is 45.4 Å². The third kappa shape index (κ3) is 3.99. The Bertz CT molecular complexity index is 312. The first kappa shape index (κ1) is 13.3. The Morgan fingerprint density at radius 1 is 1.38 bits per heavy atom. The summed E-state index contributed by atoms with van der Waals surface area (Å²) >= 11 is 0. The van der Waals surface area contributed by atoms with Gasteiger partial charge in [-0.15, -0.1) is 0 Å². The van der Waals surface area contributed by atoms with E-state index in [0.717, 1.165) is 24.5 Å². The van der Waals surface area contributed by atoms with Crippen molar-refractivity contribution in [3.05, 3.63) is 23.7 Å². The highest BCUT2D eigenvalue weighted by atomic mass is 16.3. The predicted octanol–water partition coefficient (Wildman–Crippen LogP) is 2.47. The quantitative estimate of drug-likeness (QED) is 0.809. The molecule has 0 aromatic carbocycles. The molecule has 1 atom stereocenters. The minimum absolute atomic E-state index is 0.143. The Morgan fingerprint density at radius 2 is 2.06 bits per heavy atom. The maximum absolute atomic E-state index is 9.04. The van der Waals surface area contributed by atoms with E-state index in [9.17, 15) is 0 Å². The Balaban J connectivity index is 2.50. The summed E-state index contributed by atoms with van der Waals surface area (Å²) in [6.45, 7) is 9.40. The lowest BCUT2D eigenvalue weighted by Gasteiger charge is -2.31. The van der Waals surface area contributed by atoms with E-state index in [2.05, 4.69) is 26.1 Å². The van der Waals surface area contributed by atoms with Crippen molar-refractivity contribution in [3.8, 4) is 0 Å². The summed E-state index contributed by atoms with van der Waals surface area (Å²) in [5.74, 6) is 1.89. The van der Waals surface area contributed by atoms with E-state index in [4.69, 9.17) is 9.52 Å². The number of hydrogen-bond acceptors (Lipinski definition) is 3. The molecule has 0 saturated carbocycles. The average molecular weight is 225 g/mol. The molecule has 1 aromatic heterocycles. The van der Waals surface area contributed by atoms with Gasteiger partial charge in [-0.3, -0.25) is 0 Å². The number of rotatable bonds is 5. The van der Waals surface area contributed by atoms with E-state index in [0.29, 0.717) is 6.04 Å². The highest BCUT2D eigenvalue weighted by molar-refractivity contribution is 5.05. The van der Waals surface area contributed by atoms with Crippen LogP contribution in [-0.4, -0.2) is 17.8 Å². The van der Waals surface area contributed by atoms with Crippen LogP contribution in [0.25, 0.3) is 0 Å². The first-order chi connectivity index (χ1) is 7.43. The standard InChI is InChI=1S/C13H23NO2/c1-10-5-6-11(16-10)9-14-12(7-8-15)13(2,3)4/h5-6,12,14-15H,7-9H2,1-4H3. The van der Waals surface area contributed by atoms with E-state index >= 15 is 0 Å². The van der Waals surface area contributed by atoms with Crippen LogP contribution in [-0.2, 0) is 6.54 Å². The lowest BCUT2D eigenvalue weighted by Crippen LogP contribution is -2.40. The molecule has 1 unspecified atom stereocenters. The van der Waals surface area contributed by atoms with Gasteiger partial charge in [0.1, 0.15) is 11.5 Å². The summed E-state index contributed by atoms with van der Waals surface area (Å²) in [6.07, 6.45) is 0.767. The SMILES string of the molecule is Cc1ccc(CNC(CCO)C(C)(C)C)o1. The van der Waals surface area contributed by atoms with Crippen LogP contribution < -0.4 is 5.32 Å². The number of furan rings is 1. The average Bonchev–Trinajstić information content (AvgIpc) is 2.57. The molecule has 3 nitrogen and oxygen atoms in total. The molecular weight excluding hydrogens is 202 g/mol. The second-order valence-corrected chi connectivity index (χ2v) is 5.32. The maximum Gasteiger partial charge on any atom is 0.117 e. The van der Waals surface area contributed by atoms with Crippen molar-refractivity contribution in [1.29, 1.82) is 0 Å². The third-order valence-corrected chi connectivity index (χ3v) is 2.78. The van der Waals surface area contributed by atoms with Gasteiger partial charge >= 0.3 is 0 Å². The molecule has 0 amide bonds. The van der Waals surface area contributed by atoms with Gasteiger partial charge in [-0.25, -0.2) is 0 Å². The van der Waals surface area contributed by atoms with Gasteiger partial charge in [0.15, 0.2) is 0 Å². The van der Waals surface area contributed by atoms with Crippen molar-refractivity contribution in [2.45, 2.75) is 46.7 Å². The molecule has 0 aliphatic rings. The van der Waals surface area contributed by atoms with E-state index in [-0.39, 0.29) is 12.0 Å². The lowest BCUT2D eigenvalue weighted by molar-refractivity contribution is 0.193. The normalized spacial score (nSPS) is 14.1. The number of aryl methyl sites for hydroxylation is 1. The summed E-state index contributed by atoms with van der Waals surface area (Å²) < 4.78 is 5.50. The van der Waals surface area contributed by atoms with E-state index in [1.807, 2.05) is 19.1 Å². The molecule has 2 N–H and O–H groups in total. The van der Waals surface area contributed by atoms with Crippen LogP contribution in [0, 0.1) is 12.3 Å². The van der Waals surface area contributed by atoms with Crippen LogP contribution in [0.1, 0.15) is 38.7 Å². The Hall–Kier alpha value is -0.800. The molecular formula is C13H23NO2. The fourth-order valence-corrected chi connectivity index (χ4v) is 1.77. The van der Waals surface area contributed by atoms with Gasteiger partial charge in [0.2, 0.25) is 0 Å². The van der Waals surface area contributed by atoms with E-state index in [1.54, 1.807) is 0 Å². The van der Waals surface area contributed by atoms with Crippen molar-refractivity contribution in [1.82, 2.24) is 5.32 Å². The minimum atomic E-state index is 0.143. The highest BCUT2D eigenvalue weighted by Gasteiger charge is 2.23. The number of hydrogen-bond donors (Lipinski definition) is 2. The smallest absolute Gasteiger partial charge is 0.117 e. The van der Waals surface area contributed by atoms with Crippen molar-refractivity contribution in [2.24, 2.45) is 5.41 Å². The van der Waals surface area contributed by atoms with Gasteiger partial charge in [0.05, 0.1) is 6.54 Å². The Kier molecular flexibility index (Phi) is 4.56. The van der Waals surface area contributed by atoms with Gasteiger partial charge in [-0.2, -0.15) is 0 Å². The molecule has 0 aliphatic heterocycles. The fourth-order valence-electron chi connectivity index (χ4n) is 1.77. The summed E-state index contributed by atoms with van der Waals surface area (Å²) in [6, 6.07) is 4.25. The molecule has 0 bridgehead atoms. The molecule has 0 fully saturated rings. The van der Waals surface area contributed by atoms with E-state index in [1.165, 1.54) is 0 Å². The summed E-state index contributed by atoms with van der Waals surface area (Å²) in [5.41, 5.74) is 0.143. The van der Waals surface area contributed by atoms with Crippen LogP contribution in [0.3, 0.4) is 0 Å². The van der Waals surface area contributed by atoms with Crippen molar-refractivity contribution in [3.63, 3.8) is 0 Å². The Morgan fingerprint density at radius 3 is 2.50 bits per heavy atom. The van der Waals surface area contributed by atoms with Crippen LogP contribution in [0.2, 0.25) is 0 Å². The first-order valence-electron chi connectivity index (χ1n) is 5.83. The molecule has 1 aromatic rings. The second kappa shape index (κ2) is 5.51.